The summed E-state index contributed by atoms with van der Waals surface area (Å²) in [7, 11) is 2.82. The summed E-state index contributed by atoms with van der Waals surface area (Å²) in [6, 6.07) is 3.40. The summed E-state index contributed by atoms with van der Waals surface area (Å²) in [5, 5.41) is 2.59. The smallest absolute Gasteiger partial charge is 0.332 e. The van der Waals surface area contributed by atoms with Gasteiger partial charge in [-0.3, -0.25) is 23.5 Å². The first kappa shape index (κ1) is 19.1. The van der Waals surface area contributed by atoms with Crippen LogP contribution in [-0.2, 0) is 41.5 Å². The molecule has 0 aliphatic rings. The molecule has 11 nitrogen and oxygen atoms in total. The molecule has 0 saturated heterocycles. The normalized spacial score (nSPS) is 12.1. The Hall–Kier alpha value is -3.63. The second-order valence-electron chi connectivity index (χ2n) is 6.18. The summed E-state index contributed by atoms with van der Waals surface area (Å²) in [5.74, 6) is -0.646. The van der Waals surface area contributed by atoms with Crippen molar-refractivity contribution in [3.05, 3.63) is 51.3 Å². The van der Waals surface area contributed by atoms with E-state index in [0.717, 1.165) is 4.57 Å². The van der Waals surface area contributed by atoms with E-state index < -0.39 is 29.2 Å². The number of imidazole rings is 1. The summed E-state index contributed by atoms with van der Waals surface area (Å²) < 4.78 is 13.7. The molecule has 0 aromatic carbocycles. The van der Waals surface area contributed by atoms with Gasteiger partial charge in [0.05, 0.1) is 19.1 Å². The Morgan fingerprint density at radius 3 is 2.71 bits per heavy atom. The zero-order valence-corrected chi connectivity index (χ0v) is 15.5. The first-order valence-corrected chi connectivity index (χ1v) is 8.40. The highest BCUT2D eigenvalue weighted by atomic mass is 16.5. The van der Waals surface area contributed by atoms with Gasteiger partial charge in [-0.1, -0.05) is 0 Å². The third-order valence-corrected chi connectivity index (χ3v) is 4.21. The van der Waals surface area contributed by atoms with Crippen molar-refractivity contribution in [1.82, 2.24) is 24.0 Å². The van der Waals surface area contributed by atoms with Crippen LogP contribution in [0.15, 0.2) is 38.7 Å². The quantitative estimate of drug-likeness (QED) is 0.550. The van der Waals surface area contributed by atoms with Crippen LogP contribution >= 0.6 is 0 Å². The van der Waals surface area contributed by atoms with E-state index in [0.29, 0.717) is 5.76 Å². The molecular weight excluding hydrogens is 370 g/mol. The summed E-state index contributed by atoms with van der Waals surface area (Å²) >= 11 is 0. The molecule has 0 saturated carbocycles. The van der Waals surface area contributed by atoms with Gasteiger partial charge in [-0.25, -0.2) is 9.78 Å². The molecule has 3 aromatic rings. The lowest BCUT2D eigenvalue weighted by atomic mass is 10.3. The molecule has 0 fully saturated rings. The molecule has 0 bridgehead atoms. The number of carbonyl (C=O) groups is 2. The molecule has 3 heterocycles. The molecule has 0 spiro atoms. The molecular formula is C17H19N5O6. The van der Waals surface area contributed by atoms with Crippen molar-refractivity contribution in [1.29, 1.82) is 0 Å². The lowest BCUT2D eigenvalue weighted by Gasteiger charge is -2.13. The minimum absolute atomic E-state index is 0.0940. The number of carbonyl (C=O) groups excluding carboxylic acids is 2. The number of esters is 1. The maximum absolute atomic E-state index is 12.4. The Labute approximate surface area is 158 Å². The lowest BCUT2D eigenvalue weighted by Crippen LogP contribution is -2.38. The molecule has 1 N–H and O–H groups in total. The number of nitrogens with one attached hydrogen (secondary N) is 1. The Balaban J connectivity index is 1.69. The Morgan fingerprint density at radius 2 is 2.04 bits per heavy atom. The number of aromatic nitrogens is 4. The van der Waals surface area contributed by atoms with Crippen LogP contribution in [0.2, 0.25) is 0 Å². The van der Waals surface area contributed by atoms with Gasteiger partial charge in [0.2, 0.25) is 0 Å². The van der Waals surface area contributed by atoms with Crippen molar-refractivity contribution in [2.45, 2.75) is 26.1 Å². The van der Waals surface area contributed by atoms with Gasteiger partial charge >= 0.3 is 11.7 Å². The SMILES string of the molecule is C[C@@H](OC(=O)Cn1cnc2c1c(=O)n(C)c(=O)n2C)C(=O)NCc1ccco1. The predicted molar refractivity (Wildman–Crippen MR) is 96.3 cm³/mol. The van der Waals surface area contributed by atoms with E-state index in [1.54, 1.807) is 12.1 Å². The number of furan rings is 1. The monoisotopic (exact) mass is 389 g/mol. The highest BCUT2D eigenvalue weighted by molar-refractivity contribution is 5.83. The number of rotatable bonds is 6. The van der Waals surface area contributed by atoms with Crippen LogP contribution < -0.4 is 16.6 Å². The maximum Gasteiger partial charge on any atom is 0.332 e. The molecule has 0 radical (unpaired) electrons. The highest BCUT2D eigenvalue weighted by Gasteiger charge is 2.20. The average molecular weight is 389 g/mol. The van der Waals surface area contributed by atoms with Crippen LogP contribution in [0.4, 0.5) is 0 Å². The van der Waals surface area contributed by atoms with E-state index in [-0.39, 0.29) is 24.3 Å². The van der Waals surface area contributed by atoms with Crippen molar-refractivity contribution < 1.29 is 18.7 Å². The van der Waals surface area contributed by atoms with Gasteiger partial charge in [0.25, 0.3) is 11.5 Å². The average Bonchev–Trinajstić information content (AvgIpc) is 3.32. The molecule has 3 rings (SSSR count). The van der Waals surface area contributed by atoms with Crippen LogP contribution in [0.5, 0.6) is 0 Å². The maximum atomic E-state index is 12.4. The fraction of sp³-hybridized carbons (Fsp3) is 0.353. The van der Waals surface area contributed by atoms with Crippen LogP contribution in [0.3, 0.4) is 0 Å². The minimum Gasteiger partial charge on any atom is -0.467 e. The van der Waals surface area contributed by atoms with Crippen molar-refractivity contribution in [2.75, 3.05) is 0 Å². The molecule has 11 heteroatoms. The van der Waals surface area contributed by atoms with Gasteiger partial charge < -0.3 is 19.0 Å². The topological polar surface area (TPSA) is 130 Å². The Kier molecular flexibility index (Phi) is 5.16. The number of hydrogen-bond acceptors (Lipinski definition) is 7. The number of amides is 1. The number of ether oxygens (including phenoxy) is 1. The number of fused-ring (bicyclic) bond motifs is 1. The second-order valence-corrected chi connectivity index (χ2v) is 6.18. The van der Waals surface area contributed by atoms with Gasteiger partial charge in [0, 0.05) is 14.1 Å². The summed E-state index contributed by atoms with van der Waals surface area (Å²) in [6.45, 7) is 1.27. The van der Waals surface area contributed by atoms with Gasteiger partial charge in [0.1, 0.15) is 12.3 Å². The highest BCUT2D eigenvalue weighted by Crippen LogP contribution is 2.06. The zero-order chi connectivity index (χ0) is 20.4. The molecule has 148 valence electrons. The number of hydrogen-bond donors (Lipinski definition) is 1. The largest absolute Gasteiger partial charge is 0.467 e. The minimum atomic E-state index is -1.04. The molecule has 3 aromatic heterocycles. The third kappa shape index (κ3) is 3.59. The van der Waals surface area contributed by atoms with E-state index in [4.69, 9.17) is 9.15 Å². The molecule has 1 amide bonds. The molecule has 0 aliphatic carbocycles. The van der Waals surface area contributed by atoms with Gasteiger partial charge in [-0.05, 0) is 19.1 Å². The number of nitrogens with zero attached hydrogens (tertiary/aromatic N) is 4. The van der Waals surface area contributed by atoms with Gasteiger partial charge in [-0.15, -0.1) is 0 Å². The summed E-state index contributed by atoms with van der Waals surface area (Å²) in [4.78, 5) is 52.5. The van der Waals surface area contributed by atoms with Gasteiger partial charge in [-0.2, -0.15) is 0 Å². The number of aryl methyl sites for hydroxylation is 1. The van der Waals surface area contributed by atoms with Crippen molar-refractivity contribution in [3.63, 3.8) is 0 Å². The van der Waals surface area contributed by atoms with E-state index >= 15 is 0 Å². The van der Waals surface area contributed by atoms with Gasteiger partial charge in [0.15, 0.2) is 17.3 Å². The summed E-state index contributed by atoms with van der Waals surface area (Å²) in [6.07, 6.45) is 1.72. The molecule has 0 aliphatic heterocycles. The zero-order valence-electron chi connectivity index (χ0n) is 15.5. The van der Waals surface area contributed by atoms with Crippen LogP contribution in [0, 0.1) is 0 Å². The fourth-order valence-corrected chi connectivity index (χ4v) is 2.68. The standard InChI is InChI=1S/C17H19N5O6/c1-10(15(24)18-7-11-5-4-6-27-11)28-12(23)8-22-9-19-14-13(22)16(25)21(3)17(26)20(14)2/h4-6,9-10H,7-8H2,1-3H3,(H,18,24)/t10-/m1/s1. The fourth-order valence-electron chi connectivity index (χ4n) is 2.68. The lowest BCUT2D eigenvalue weighted by molar-refractivity contribution is -0.155. The van der Waals surface area contributed by atoms with E-state index in [9.17, 15) is 19.2 Å². The van der Waals surface area contributed by atoms with E-state index in [2.05, 4.69) is 10.3 Å². The first-order valence-electron chi connectivity index (χ1n) is 8.40. The van der Waals surface area contributed by atoms with Crippen molar-refractivity contribution in [3.8, 4) is 0 Å². The molecule has 28 heavy (non-hydrogen) atoms. The van der Waals surface area contributed by atoms with Crippen LogP contribution in [0.25, 0.3) is 11.2 Å². The van der Waals surface area contributed by atoms with E-state index in [1.165, 1.54) is 42.7 Å². The third-order valence-electron chi connectivity index (χ3n) is 4.21. The van der Waals surface area contributed by atoms with E-state index in [1.807, 2.05) is 0 Å². The predicted octanol–water partition coefficient (Wildman–Crippen LogP) is -0.725. The summed E-state index contributed by atoms with van der Waals surface area (Å²) in [5.41, 5.74) is -0.846. The Bertz CT molecular complexity index is 1140. The van der Waals surface area contributed by atoms with Crippen LogP contribution in [-0.4, -0.2) is 36.7 Å². The molecule has 1 atom stereocenters. The van der Waals surface area contributed by atoms with Crippen molar-refractivity contribution >= 4 is 23.0 Å². The van der Waals surface area contributed by atoms with Crippen molar-refractivity contribution in [2.24, 2.45) is 14.1 Å². The first-order chi connectivity index (χ1) is 13.3. The van der Waals surface area contributed by atoms with Crippen LogP contribution in [0.1, 0.15) is 12.7 Å². The Morgan fingerprint density at radius 1 is 1.29 bits per heavy atom. The second kappa shape index (κ2) is 7.55. The molecule has 0 unspecified atom stereocenters.